The largest absolute Gasteiger partial charge is 0.462 e. The minimum Gasteiger partial charge on any atom is -0.462 e. The predicted octanol–water partition coefficient (Wildman–Crippen LogP) is 2.50. The van der Waals surface area contributed by atoms with Crippen molar-refractivity contribution in [3.8, 4) is 5.75 Å². The van der Waals surface area contributed by atoms with Crippen molar-refractivity contribution < 1.29 is 19.1 Å². The highest BCUT2D eigenvalue weighted by molar-refractivity contribution is 5.69. The number of benzene rings is 1. The van der Waals surface area contributed by atoms with Crippen molar-refractivity contribution in [1.82, 2.24) is 0 Å². The van der Waals surface area contributed by atoms with Crippen LogP contribution in [-0.2, 0) is 20.7 Å². The van der Waals surface area contributed by atoms with Gasteiger partial charge in [0, 0.05) is 20.3 Å². The van der Waals surface area contributed by atoms with E-state index in [1.807, 2.05) is 19.1 Å². The van der Waals surface area contributed by atoms with Gasteiger partial charge in [-0.05, 0) is 18.1 Å². The lowest BCUT2D eigenvalue weighted by molar-refractivity contribution is -0.146. The Kier molecular flexibility index (Phi) is 5.36. The quantitative estimate of drug-likeness (QED) is 0.595. The minimum atomic E-state index is -0.358. The molecule has 4 nitrogen and oxygen atoms in total. The third-order valence-corrected chi connectivity index (χ3v) is 2.46. The highest BCUT2D eigenvalue weighted by Crippen LogP contribution is 2.21. The summed E-state index contributed by atoms with van der Waals surface area (Å²) in [4.78, 5) is 21.9. The van der Waals surface area contributed by atoms with E-state index < -0.39 is 0 Å². The lowest BCUT2D eigenvalue weighted by Crippen LogP contribution is -2.18. The van der Waals surface area contributed by atoms with E-state index in [9.17, 15) is 9.59 Å². The molecule has 0 radical (unpaired) electrons. The number of esters is 2. The van der Waals surface area contributed by atoms with E-state index in [4.69, 9.17) is 9.47 Å². The molecule has 0 aliphatic rings. The Labute approximate surface area is 107 Å². The Morgan fingerprint density at radius 3 is 2.39 bits per heavy atom. The van der Waals surface area contributed by atoms with E-state index in [1.54, 1.807) is 12.1 Å². The summed E-state index contributed by atoms with van der Waals surface area (Å²) in [5.41, 5.74) is 0.862. The van der Waals surface area contributed by atoms with Gasteiger partial charge in [-0.2, -0.15) is 0 Å². The van der Waals surface area contributed by atoms with E-state index in [2.05, 4.69) is 0 Å². The first-order chi connectivity index (χ1) is 8.52. The standard InChI is InChI=1S/C14H18O4/c1-4-13(17-10(2)15)9-12-7-5-6-8-14(12)18-11(3)16/h5-8,13H,4,9H2,1-3H3. The van der Waals surface area contributed by atoms with Crippen molar-refractivity contribution in [2.45, 2.75) is 39.7 Å². The van der Waals surface area contributed by atoms with Crippen LogP contribution in [0.15, 0.2) is 24.3 Å². The molecular formula is C14H18O4. The summed E-state index contributed by atoms with van der Waals surface area (Å²) >= 11 is 0. The van der Waals surface area contributed by atoms with Crippen molar-refractivity contribution in [2.24, 2.45) is 0 Å². The van der Waals surface area contributed by atoms with Gasteiger partial charge < -0.3 is 9.47 Å². The topological polar surface area (TPSA) is 52.6 Å². The third-order valence-electron chi connectivity index (χ3n) is 2.46. The zero-order chi connectivity index (χ0) is 13.5. The van der Waals surface area contributed by atoms with E-state index in [-0.39, 0.29) is 18.0 Å². The van der Waals surface area contributed by atoms with Crippen molar-refractivity contribution in [3.63, 3.8) is 0 Å². The molecule has 0 N–H and O–H groups in total. The molecule has 0 saturated heterocycles. The Morgan fingerprint density at radius 1 is 1.17 bits per heavy atom. The van der Waals surface area contributed by atoms with Crippen molar-refractivity contribution in [3.05, 3.63) is 29.8 Å². The number of rotatable bonds is 5. The Morgan fingerprint density at radius 2 is 1.83 bits per heavy atom. The molecular weight excluding hydrogens is 232 g/mol. The molecule has 1 unspecified atom stereocenters. The number of ether oxygens (including phenoxy) is 2. The molecule has 0 amide bonds. The van der Waals surface area contributed by atoms with Crippen LogP contribution in [-0.4, -0.2) is 18.0 Å². The Bertz CT molecular complexity index is 426. The summed E-state index contributed by atoms with van der Waals surface area (Å²) < 4.78 is 10.3. The van der Waals surface area contributed by atoms with E-state index in [0.29, 0.717) is 18.6 Å². The van der Waals surface area contributed by atoms with Gasteiger partial charge in [0.1, 0.15) is 11.9 Å². The summed E-state index contributed by atoms with van der Waals surface area (Å²) in [5.74, 6) is -0.134. The fourth-order valence-corrected chi connectivity index (χ4v) is 1.68. The van der Waals surface area contributed by atoms with Gasteiger partial charge in [0.05, 0.1) is 0 Å². The number of carbonyl (C=O) groups is 2. The van der Waals surface area contributed by atoms with Crippen molar-refractivity contribution >= 4 is 11.9 Å². The molecule has 0 bridgehead atoms. The molecule has 98 valence electrons. The molecule has 0 aliphatic heterocycles. The molecule has 1 rings (SSSR count). The molecule has 0 heterocycles. The maximum absolute atomic E-state index is 11.0. The fraction of sp³-hybridized carbons (Fsp3) is 0.429. The molecule has 18 heavy (non-hydrogen) atoms. The lowest BCUT2D eigenvalue weighted by atomic mass is 10.1. The second kappa shape index (κ2) is 6.79. The second-order valence-corrected chi connectivity index (χ2v) is 4.05. The van der Waals surface area contributed by atoms with Gasteiger partial charge in [0.25, 0.3) is 0 Å². The van der Waals surface area contributed by atoms with Crippen molar-refractivity contribution in [1.29, 1.82) is 0 Å². The minimum absolute atomic E-state index is 0.195. The van der Waals surface area contributed by atoms with Gasteiger partial charge in [-0.3, -0.25) is 9.59 Å². The van der Waals surface area contributed by atoms with Crippen LogP contribution in [0.2, 0.25) is 0 Å². The van der Waals surface area contributed by atoms with Crippen LogP contribution in [0.4, 0.5) is 0 Å². The monoisotopic (exact) mass is 250 g/mol. The molecule has 0 spiro atoms. The summed E-state index contributed by atoms with van der Waals surface area (Å²) in [5, 5.41) is 0. The van der Waals surface area contributed by atoms with Gasteiger partial charge in [-0.15, -0.1) is 0 Å². The Balaban J connectivity index is 2.81. The predicted molar refractivity (Wildman–Crippen MR) is 67.3 cm³/mol. The fourth-order valence-electron chi connectivity index (χ4n) is 1.68. The first-order valence-corrected chi connectivity index (χ1v) is 5.96. The molecule has 4 heteroatoms. The second-order valence-electron chi connectivity index (χ2n) is 4.05. The number of hydrogen-bond donors (Lipinski definition) is 0. The normalized spacial score (nSPS) is 11.7. The summed E-state index contributed by atoms with van der Waals surface area (Å²) in [6.45, 7) is 4.70. The van der Waals surface area contributed by atoms with Crippen LogP contribution < -0.4 is 4.74 Å². The van der Waals surface area contributed by atoms with Gasteiger partial charge in [0.2, 0.25) is 0 Å². The SMILES string of the molecule is CCC(Cc1ccccc1OC(C)=O)OC(C)=O. The molecule has 0 saturated carbocycles. The summed E-state index contributed by atoms with van der Waals surface area (Å²) in [6.07, 6.45) is 1.06. The van der Waals surface area contributed by atoms with E-state index >= 15 is 0 Å². The zero-order valence-electron chi connectivity index (χ0n) is 10.9. The number of carbonyl (C=O) groups excluding carboxylic acids is 2. The molecule has 1 atom stereocenters. The van der Waals surface area contributed by atoms with Gasteiger partial charge in [-0.25, -0.2) is 0 Å². The average Bonchev–Trinajstić information content (AvgIpc) is 2.29. The maximum atomic E-state index is 11.0. The van der Waals surface area contributed by atoms with Crippen LogP contribution in [0.25, 0.3) is 0 Å². The molecule has 1 aromatic carbocycles. The van der Waals surface area contributed by atoms with Crippen LogP contribution >= 0.6 is 0 Å². The van der Waals surface area contributed by atoms with Crippen LogP contribution in [0.3, 0.4) is 0 Å². The molecule has 0 aromatic heterocycles. The van der Waals surface area contributed by atoms with Crippen LogP contribution in [0.5, 0.6) is 5.75 Å². The average molecular weight is 250 g/mol. The van der Waals surface area contributed by atoms with E-state index in [1.165, 1.54) is 13.8 Å². The maximum Gasteiger partial charge on any atom is 0.308 e. The first-order valence-electron chi connectivity index (χ1n) is 5.96. The number of hydrogen-bond acceptors (Lipinski definition) is 4. The zero-order valence-corrected chi connectivity index (χ0v) is 10.9. The Hall–Kier alpha value is -1.84. The highest BCUT2D eigenvalue weighted by atomic mass is 16.5. The van der Waals surface area contributed by atoms with Crippen LogP contribution in [0.1, 0.15) is 32.8 Å². The molecule has 1 aromatic rings. The number of para-hydroxylation sites is 1. The third kappa shape index (κ3) is 4.57. The molecule has 0 aliphatic carbocycles. The molecule has 0 fully saturated rings. The summed E-state index contributed by atoms with van der Waals surface area (Å²) in [6, 6.07) is 7.26. The van der Waals surface area contributed by atoms with Crippen molar-refractivity contribution in [2.75, 3.05) is 0 Å². The van der Waals surface area contributed by atoms with E-state index in [0.717, 1.165) is 5.56 Å². The lowest BCUT2D eigenvalue weighted by Gasteiger charge is -2.16. The first kappa shape index (κ1) is 14.2. The van der Waals surface area contributed by atoms with Gasteiger partial charge >= 0.3 is 11.9 Å². The smallest absolute Gasteiger partial charge is 0.308 e. The highest BCUT2D eigenvalue weighted by Gasteiger charge is 2.14. The van der Waals surface area contributed by atoms with Gasteiger partial charge in [0.15, 0.2) is 0 Å². The van der Waals surface area contributed by atoms with Gasteiger partial charge in [-0.1, -0.05) is 25.1 Å². The summed E-state index contributed by atoms with van der Waals surface area (Å²) in [7, 11) is 0. The van der Waals surface area contributed by atoms with Crippen LogP contribution in [0, 0.1) is 0 Å².